The molecule has 0 aromatic carbocycles. The Morgan fingerprint density at radius 1 is 1.48 bits per heavy atom. The molecular formula is C15H24N6O2. The van der Waals surface area contributed by atoms with Crippen LogP contribution in [0.15, 0.2) is 18.2 Å². The molecule has 126 valence electrons. The van der Waals surface area contributed by atoms with Crippen molar-refractivity contribution in [3.8, 4) is 0 Å². The third-order valence-electron chi connectivity index (χ3n) is 3.96. The number of ether oxygens (including phenoxy) is 1. The molecule has 0 radical (unpaired) electrons. The van der Waals surface area contributed by atoms with E-state index in [1.807, 2.05) is 30.6 Å². The molecule has 0 spiro atoms. The maximum Gasteiger partial charge on any atom is 0.414 e. The summed E-state index contributed by atoms with van der Waals surface area (Å²) in [6.07, 6.45) is 6.32. The number of anilines is 1. The molecule has 1 amide bonds. The molecule has 1 aliphatic carbocycles. The number of hydrogen-bond acceptors (Lipinski definition) is 6. The van der Waals surface area contributed by atoms with E-state index in [4.69, 9.17) is 4.74 Å². The highest BCUT2D eigenvalue weighted by molar-refractivity contribution is 5.70. The van der Waals surface area contributed by atoms with Crippen molar-refractivity contribution in [3.63, 3.8) is 0 Å². The van der Waals surface area contributed by atoms with Crippen LogP contribution in [0, 0.1) is 0 Å². The summed E-state index contributed by atoms with van der Waals surface area (Å²) >= 11 is 0. The fourth-order valence-electron chi connectivity index (χ4n) is 2.46. The Labute approximate surface area is 136 Å². The number of nitrogens with one attached hydrogen (secondary N) is 1. The molecule has 0 bridgehead atoms. The smallest absolute Gasteiger partial charge is 0.414 e. The second kappa shape index (κ2) is 6.57. The van der Waals surface area contributed by atoms with E-state index in [0.29, 0.717) is 25.1 Å². The highest BCUT2D eigenvalue weighted by Gasteiger charge is 2.28. The third kappa shape index (κ3) is 4.01. The van der Waals surface area contributed by atoms with Gasteiger partial charge in [0.25, 0.3) is 0 Å². The Morgan fingerprint density at radius 2 is 2.26 bits per heavy atom. The summed E-state index contributed by atoms with van der Waals surface area (Å²) in [6, 6.07) is 0.576. The van der Waals surface area contributed by atoms with Gasteiger partial charge in [-0.3, -0.25) is 4.90 Å². The van der Waals surface area contributed by atoms with Gasteiger partial charge in [0, 0.05) is 30.9 Å². The van der Waals surface area contributed by atoms with Gasteiger partial charge in [0.1, 0.15) is 12.9 Å². The first-order valence-electron chi connectivity index (χ1n) is 8.01. The number of likely N-dealkylation sites (N-methyl/N-ethyl adjacent to an activating group) is 1. The van der Waals surface area contributed by atoms with E-state index in [1.165, 1.54) is 12.8 Å². The summed E-state index contributed by atoms with van der Waals surface area (Å²) in [5.41, 5.74) is 0.926. The fourth-order valence-corrected chi connectivity index (χ4v) is 2.46. The number of aromatic nitrogens is 3. The van der Waals surface area contributed by atoms with Crippen LogP contribution in [0.2, 0.25) is 0 Å². The molecule has 1 saturated carbocycles. The molecule has 23 heavy (non-hydrogen) atoms. The molecule has 3 rings (SSSR count). The predicted octanol–water partition coefficient (Wildman–Crippen LogP) is 1.66. The highest BCUT2D eigenvalue weighted by atomic mass is 16.6. The van der Waals surface area contributed by atoms with Crippen LogP contribution < -0.4 is 5.32 Å². The number of nitrogens with zero attached hydrogens (tertiary/aromatic N) is 5. The standard InChI is InChI=1S/C15H24N6O2/c1-11-8-12(9-20(11)15(22)23-7-6-19(2)3)17-14-16-10-21(18-14)13-4-5-13/h9-11,13H,4-8H2,1-3H3,(H,17,18). The molecule has 8 nitrogen and oxygen atoms in total. The van der Waals surface area contributed by atoms with Gasteiger partial charge in [-0.1, -0.05) is 0 Å². The van der Waals surface area contributed by atoms with Crippen molar-refractivity contribution in [1.29, 1.82) is 0 Å². The first-order chi connectivity index (χ1) is 11.0. The monoisotopic (exact) mass is 320 g/mol. The quantitative estimate of drug-likeness (QED) is 0.859. The van der Waals surface area contributed by atoms with Crippen LogP contribution in [0.4, 0.5) is 10.7 Å². The van der Waals surface area contributed by atoms with Gasteiger partial charge in [0.05, 0.1) is 6.04 Å². The Balaban J connectivity index is 1.54. The van der Waals surface area contributed by atoms with E-state index in [9.17, 15) is 4.79 Å². The number of carbonyl (C=O) groups excluding carboxylic acids is 1. The normalized spacial score (nSPS) is 20.8. The molecule has 2 heterocycles. The summed E-state index contributed by atoms with van der Waals surface area (Å²) in [7, 11) is 3.89. The molecular weight excluding hydrogens is 296 g/mol. The van der Waals surface area contributed by atoms with E-state index in [0.717, 1.165) is 12.1 Å². The number of amides is 1. The molecule has 1 unspecified atom stereocenters. The van der Waals surface area contributed by atoms with Gasteiger partial charge in [-0.25, -0.2) is 14.5 Å². The van der Waals surface area contributed by atoms with Crippen molar-refractivity contribution in [1.82, 2.24) is 24.6 Å². The van der Waals surface area contributed by atoms with Crippen molar-refractivity contribution in [2.75, 3.05) is 32.6 Å². The minimum absolute atomic E-state index is 0.0647. The largest absolute Gasteiger partial charge is 0.448 e. The van der Waals surface area contributed by atoms with Gasteiger partial charge in [-0.15, -0.1) is 5.10 Å². The number of rotatable bonds is 6. The number of hydrogen-bond donors (Lipinski definition) is 1. The Bertz CT molecular complexity index is 593. The van der Waals surface area contributed by atoms with E-state index >= 15 is 0 Å². The highest BCUT2D eigenvalue weighted by Crippen LogP contribution is 2.34. The van der Waals surface area contributed by atoms with Crippen molar-refractivity contribution in [3.05, 3.63) is 18.2 Å². The fraction of sp³-hybridized carbons (Fsp3) is 0.667. The van der Waals surface area contributed by atoms with Crippen LogP contribution in [-0.2, 0) is 4.74 Å². The van der Waals surface area contributed by atoms with Crippen molar-refractivity contribution in [2.45, 2.75) is 38.3 Å². The van der Waals surface area contributed by atoms with E-state index in [2.05, 4.69) is 15.4 Å². The lowest BCUT2D eigenvalue weighted by Gasteiger charge is -2.19. The van der Waals surface area contributed by atoms with Crippen LogP contribution in [0.25, 0.3) is 0 Å². The van der Waals surface area contributed by atoms with E-state index in [-0.39, 0.29) is 12.1 Å². The van der Waals surface area contributed by atoms with Gasteiger partial charge < -0.3 is 15.0 Å². The molecule has 1 N–H and O–H groups in total. The zero-order valence-electron chi connectivity index (χ0n) is 13.9. The molecule has 1 aliphatic heterocycles. The van der Waals surface area contributed by atoms with Crippen LogP contribution in [0.1, 0.15) is 32.2 Å². The minimum Gasteiger partial charge on any atom is -0.448 e. The maximum atomic E-state index is 12.1. The van der Waals surface area contributed by atoms with Crippen LogP contribution in [0.5, 0.6) is 0 Å². The van der Waals surface area contributed by atoms with E-state index in [1.54, 1.807) is 17.4 Å². The lowest BCUT2D eigenvalue weighted by molar-refractivity contribution is 0.104. The molecule has 1 aromatic heterocycles. The van der Waals surface area contributed by atoms with Crippen molar-refractivity contribution < 1.29 is 9.53 Å². The van der Waals surface area contributed by atoms with Gasteiger partial charge in [-0.05, 0) is 33.9 Å². The lowest BCUT2D eigenvalue weighted by Crippen LogP contribution is -2.32. The van der Waals surface area contributed by atoms with Gasteiger partial charge in [-0.2, -0.15) is 0 Å². The Morgan fingerprint density at radius 3 is 2.96 bits per heavy atom. The SMILES string of the molecule is CC1CC(Nc2ncn(C3CC3)n2)=CN1C(=O)OCCN(C)C. The lowest BCUT2D eigenvalue weighted by atomic mass is 10.2. The second-order valence-corrected chi connectivity index (χ2v) is 6.44. The predicted molar refractivity (Wildman–Crippen MR) is 85.8 cm³/mol. The molecule has 0 saturated heterocycles. The van der Waals surface area contributed by atoms with Gasteiger partial charge in [0.15, 0.2) is 0 Å². The van der Waals surface area contributed by atoms with Crippen LogP contribution >= 0.6 is 0 Å². The molecule has 1 atom stereocenters. The van der Waals surface area contributed by atoms with Gasteiger partial charge in [0.2, 0.25) is 5.95 Å². The Kier molecular flexibility index (Phi) is 4.51. The number of carbonyl (C=O) groups is 1. The topological polar surface area (TPSA) is 75.5 Å². The maximum absolute atomic E-state index is 12.1. The molecule has 1 aromatic rings. The average Bonchev–Trinajstić information content (AvgIpc) is 3.13. The summed E-state index contributed by atoms with van der Waals surface area (Å²) in [5.74, 6) is 0.582. The summed E-state index contributed by atoms with van der Waals surface area (Å²) in [5, 5.41) is 7.61. The summed E-state index contributed by atoms with van der Waals surface area (Å²) in [4.78, 5) is 20.0. The zero-order chi connectivity index (χ0) is 16.4. The molecule has 8 heteroatoms. The second-order valence-electron chi connectivity index (χ2n) is 6.44. The summed E-state index contributed by atoms with van der Waals surface area (Å²) < 4.78 is 7.18. The van der Waals surface area contributed by atoms with Crippen LogP contribution in [0.3, 0.4) is 0 Å². The average molecular weight is 320 g/mol. The minimum atomic E-state index is -0.312. The van der Waals surface area contributed by atoms with Crippen LogP contribution in [-0.4, -0.2) is 63.9 Å². The first kappa shape index (κ1) is 15.8. The van der Waals surface area contributed by atoms with Gasteiger partial charge >= 0.3 is 6.09 Å². The van der Waals surface area contributed by atoms with E-state index < -0.39 is 0 Å². The first-order valence-corrected chi connectivity index (χ1v) is 8.01. The zero-order valence-corrected chi connectivity index (χ0v) is 13.9. The Hall–Kier alpha value is -2.09. The van der Waals surface area contributed by atoms with Crippen molar-refractivity contribution >= 4 is 12.0 Å². The van der Waals surface area contributed by atoms with Crippen molar-refractivity contribution in [2.24, 2.45) is 0 Å². The summed E-state index contributed by atoms with van der Waals surface area (Å²) in [6.45, 7) is 3.10. The molecule has 2 aliphatic rings. The molecule has 1 fully saturated rings. The third-order valence-corrected chi connectivity index (χ3v) is 3.96.